The first-order valence-corrected chi connectivity index (χ1v) is 24.3. The number of hydrogen-bond acceptors (Lipinski definition) is 5. The van der Waals surface area contributed by atoms with Crippen LogP contribution >= 0.6 is 11.3 Å². The summed E-state index contributed by atoms with van der Waals surface area (Å²) in [5.74, 6) is 1.71. The highest BCUT2D eigenvalue weighted by Gasteiger charge is 2.22. The van der Waals surface area contributed by atoms with Crippen LogP contribution in [0.5, 0.6) is 0 Å². The summed E-state index contributed by atoms with van der Waals surface area (Å²) in [5.41, 5.74) is 13.6. The zero-order valence-corrected chi connectivity index (χ0v) is 38.2. The van der Waals surface area contributed by atoms with Gasteiger partial charge in [0.15, 0.2) is 11.6 Å². The van der Waals surface area contributed by atoms with Gasteiger partial charge in [0.1, 0.15) is 11.2 Å². The third-order valence-electron chi connectivity index (χ3n) is 14.0. The van der Waals surface area contributed by atoms with Gasteiger partial charge in [-0.05, 0) is 89.0 Å². The second-order valence-corrected chi connectivity index (χ2v) is 19.0. The van der Waals surface area contributed by atoms with Gasteiger partial charge in [-0.15, -0.1) is 11.3 Å². The summed E-state index contributed by atoms with van der Waals surface area (Å²) in [5, 5.41) is 9.14. The van der Waals surface area contributed by atoms with Gasteiger partial charge in [0.25, 0.3) is 0 Å². The molecule has 0 amide bonds. The lowest BCUT2D eigenvalue weighted by molar-refractivity contribution is 0.669. The number of aromatic nitrogens is 5. The highest BCUT2D eigenvalue weighted by Crippen LogP contribution is 2.45. The summed E-state index contributed by atoms with van der Waals surface area (Å²) in [6.07, 6.45) is 0. The number of thiophene rings is 1. The molecule has 0 bridgehead atoms. The van der Waals surface area contributed by atoms with E-state index in [1.165, 1.54) is 43.2 Å². The highest BCUT2D eigenvalue weighted by atomic mass is 32.1. The van der Waals surface area contributed by atoms with Gasteiger partial charge >= 0.3 is 0 Å². The average molecular weight is 912 g/mol. The van der Waals surface area contributed by atoms with Crippen LogP contribution < -0.4 is 0 Å². The molecule has 5 aromatic heterocycles. The highest BCUT2D eigenvalue weighted by molar-refractivity contribution is 7.26. The summed E-state index contributed by atoms with van der Waals surface area (Å²) in [7, 11) is 0. The molecule has 0 aliphatic heterocycles. The Hall–Kier alpha value is -9.17. The molecule has 15 rings (SSSR count). The summed E-state index contributed by atoms with van der Waals surface area (Å²) < 4.78 is 13.4. The van der Waals surface area contributed by atoms with Crippen LogP contribution in [0.25, 0.3) is 142 Å². The summed E-state index contributed by atoms with van der Waals surface area (Å²) in [6.45, 7) is 0. The molecule has 0 saturated heterocycles. The zero-order chi connectivity index (χ0) is 45.9. The van der Waals surface area contributed by atoms with Crippen molar-refractivity contribution >= 4 is 97.1 Å². The molecule has 0 N–H and O–H groups in total. The van der Waals surface area contributed by atoms with Gasteiger partial charge in [-0.3, -0.25) is 4.57 Å². The number of nitrogens with zero attached hydrogens (tertiary/aromatic N) is 5. The van der Waals surface area contributed by atoms with E-state index in [1.54, 1.807) is 0 Å². The molecule has 10 aromatic carbocycles. The van der Waals surface area contributed by atoms with Gasteiger partial charge in [0, 0.05) is 69.3 Å². The van der Waals surface area contributed by atoms with Gasteiger partial charge in [-0.2, -0.15) is 9.97 Å². The average Bonchev–Trinajstić information content (AvgIpc) is 4.18. The summed E-state index contributed by atoms with van der Waals surface area (Å²) >= 11 is 1.82. The Morgan fingerprint density at radius 3 is 1.81 bits per heavy atom. The van der Waals surface area contributed by atoms with Crippen molar-refractivity contribution in [1.82, 2.24) is 24.1 Å². The van der Waals surface area contributed by atoms with E-state index in [9.17, 15) is 0 Å². The van der Waals surface area contributed by atoms with Gasteiger partial charge < -0.3 is 8.98 Å². The fourth-order valence-electron chi connectivity index (χ4n) is 10.8. The lowest BCUT2D eigenvalue weighted by atomic mass is 9.99. The lowest BCUT2D eigenvalue weighted by Crippen LogP contribution is -2.06. The van der Waals surface area contributed by atoms with Gasteiger partial charge in [-0.25, -0.2) is 4.98 Å². The van der Waals surface area contributed by atoms with E-state index >= 15 is 0 Å². The summed E-state index contributed by atoms with van der Waals surface area (Å²) in [4.78, 5) is 16.2. The minimum atomic E-state index is 0.544. The third kappa shape index (κ3) is 5.89. The van der Waals surface area contributed by atoms with Crippen molar-refractivity contribution in [3.05, 3.63) is 224 Å². The van der Waals surface area contributed by atoms with Crippen LogP contribution in [-0.2, 0) is 0 Å². The van der Waals surface area contributed by atoms with Crippen LogP contribution in [-0.4, -0.2) is 24.1 Å². The minimum Gasteiger partial charge on any atom is -0.456 e. The number of fused-ring (bicyclic) bond motifs is 12. The third-order valence-corrected chi connectivity index (χ3v) is 15.2. The molecule has 5 heterocycles. The predicted octanol–water partition coefficient (Wildman–Crippen LogP) is 17.0. The van der Waals surface area contributed by atoms with E-state index in [0.717, 1.165) is 81.6 Å². The van der Waals surface area contributed by atoms with Gasteiger partial charge in [-0.1, -0.05) is 158 Å². The normalized spacial score (nSPS) is 12.0. The Labute approximate surface area is 404 Å². The molecule has 6 nitrogen and oxygen atoms in total. The maximum absolute atomic E-state index is 6.43. The SMILES string of the molecule is c1ccc(-c2ccc3c(c2)c2ccccc2n3-c2nc(-c3ccc4c(c3)oc3ccccc34)nc(-c3cccc4sc5c(-c6ccc7c8ccccc8n(-c8ccccc8)c7c6)cccc5c34)n2)cc1. The number of rotatable bonds is 6. The minimum absolute atomic E-state index is 0.544. The van der Waals surface area contributed by atoms with Crippen molar-refractivity contribution in [2.45, 2.75) is 0 Å². The summed E-state index contributed by atoms with van der Waals surface area (Å²) in [6, 6.07) is 79.7. The Kier molecular flexibility index (Phi) is 8.43. The molecule has 0 aliphatic rings. The number of hydrogen-bond donors (Lipinski definition) is 0. The van der Waals surface area contributed by atoms with Crippen LogP contribution in [0, 0.1) is 0 Å². The Morgan fingerprint density at radius 2 is 0.957 bits per heavy atom. The van der Waals surface area contributed by atoms with Crippen LogP contribution in [0.15, 0.2) is 229 Å². The molecular weight excluding hydrogens is 875 g/mol. The van der Waals surface area contributed by atoms with E-state index in [-0.39, 0.29) is 0 Å². The molecule has 0 saturated carbocycles. The molecule has 70 heavy (non-hydrogen) atoms. The van der Waals surface area contributed by atoms with E-state index in [1.807, 2.05) is 29.5 Å². The fourth-order valence-corrected chi connectivity index (χ4v) is 12.1. The van der Waals surface area contributed by atoms with E-state index in [4.69, 9.17) is 19.4 Å². The molecule has 7 heteroatoms. The topological polar surface area (TPSA) is 61.7 Å². The fraction of sp³-hybridized carbons (Fsp3) is 0. The first-order chi connectivity index (χ1) is 34.7. The Morgan fingerprint density at radius 1 is 0.343 bits per heavy atom. The van der Waals surface area contributed by atoms with E-state index < -0.39 is 0 Å². The second kappa shape index (κ2) is 15.2. The van der Waals surface area contributed by atoms with E-state index in [0.29, 0.717) is 17.6 Å². The van der Waals surface area contributed by atoms with Gasteiger partial charge in [0.05, 0.1) is 22.1 Å². The number of benzene rings is 10. The maximum atomic E-state index is 6.43. The molecule has 0 unspecified atom stereocenters. The standard InChI is InChI=1S/C63H37N5OS/c1-3-15-38(16-4-1)39-31-34-54-51(35-39)45-20-8-11-26-53(45)68(54)63-65-61(41-30-33-48-47-21-9-12-27-56(47)69-57(48)37-41)64-62(66-63)50-24-14-28-58-59(50)49-23-13-22-43(60(49)70-58)40-29-32-46-44-19-7-10-25-52(44)67(55(46)36-40)42-17-5-2-6-18-42/h1-37H. The second-order valence-electron chi connectivity index (χ2n) is 17.9. The van der Waals surface area contributed by atoms with Crippen molar-refractivity contribution in [2.75, 3.05) is 0 Å². The lowest BCUT2D eigenvalue weighted by Gasteiger charge is -2.12. The molecule has 0 radical (unpaired) electrons. The molecule has 326 valence electrons. The quantitative estimate of drug-likeness (QED) is 0.167. The number of para-hydroxylation sites is 4. The van der Waals surface area contributed by atoms with Crippen LogP contribution in [0.3, 0.4) is 0 Å². The number of furan rings is 1. The molecular formula is C63H37N5OS. The van der Waals surface area contributed by atoms with Crippen molar-refractivity contribution < 1.29 is 4.42 Å². The van der Waals surface area contributed by atoms with E-state index in [2.05, 4.69) is 215 Å². The zero-order valence-electron chi connectivity index (χ0n) is 37.4. The predicted molar refractivity (Wildman–Crippen MR) is 290 cm³/mol. The van der Waals surface area contributed by atoms with Crippen molar-refractivity contribution in [1.29, 1.82) is 0 Å². The van der Waals surface area contributed by atoms with Crippen molar-refractivity contribution in [2.24, 2.45) is 0 Å². The molecule has 15 aromatic rings. The van der Waals surface area contributed by atoms with Crippen LogP contribution in [0.2, 0.25) is 0 Å². The van der Waals surface area contributed by atoms with Gasteiger partial charge in [0.2, 0.25) is 5.95 Å². The molecule has 0 atom stereocenters. The molecule has 0 aliphatic carbocycles. The first-order valence-electron chi connectivity index (χ1n) is 23.5. The Bertz CT molecular complexity index is 4600. The smallest absolute Gasteiger partial charge is 0.238 e. The van der Waals surface area contributed by atoms with Crippen LogP contribution in [0.1, 0.15) is 0 Å². The largest absolute Gasteiger partial charge is 0.456 e. The van der Waals surface area contributed by atoms with Crippen molar-refractivity contribution in [3.8, 4) is 56.7 Å². The molecule has 0 fully saturated rings. The van der Waals surface area contributed by atoms with Crippen molar-refractivity contribution in [3.63, 3.8) is 0 Å². The monoisotopic (exact) mass is 911 g/mol. The first kappa shape index (κ1) is 38.9. The molecule has 0 spiro atoms. The maximum Gasteiger partial charge on any atom is 0.238 e. The Balaban J connectivity index is 0.954. The van der Waals surface area contributed by atoms with Crippen LogP contribution in [0.4, 0.5) is 0 Å².